The standard InChI is InChI=1S/C24H31BrN4O4S/c1-18(30)29-11-8-19-16-22(25)24(17-23(19)29)34(31,32)26-9-3-10-27-12-14-28(15-13-27)20-4-6-21(33-2)7-5-20/h4-7,16-17,26H,3,8-15H2,1-2H3. The fourth-order valence-corrected chi connectivity index (χ4v) is 6.71. The highest BCUT2D eigenvalue weighted by molar-refractivity contribution is 9.10. The van der Waals surface area contributed by atoms with Crippen LogP contribution in [0, 0.1) is 0 Å². The summed E-state index contributed by atoms with van der Waals surface area (Å²) < 4.78 is 34.4. The van der Waals surface area contributed by atoms with Crippen LogP contribution in [-0.4, -0.2) is 72.1 Å². The number of fused-ring (bicyclic) bond motifs is 1. The molecule has 0 aliphatic carbocycles. The van der Waals surface area contributed by atoms with E-state index in [9.17, 15) is 13.2 Å². The van der Waals surface area contributed by atoms with E-state index >= 15 is 0 Å². The van der Waals surface area contributed by atoms with Crippen molar-refractivity contribution in [1.29, 1.82) is 0 Å². The zero-order chi connectivity index (χ0) is 24.3. The largest absolute Gasteiger partial charge is 0.497 e. The van der Waals surface area contributed by atoms with E-state index in [1.165, 1.54) is 12.6 Å². The van der Waals surface area contributed by atoms with E-state index in [1.54, 1.807) is 18.1 Å². The third-order valence-corrected chi connectivity index (χ3v) is 8.87. The Morgan fingerprint density at radius 1 is 1.09 bits per heavy atom. The lowest BCUT2D eigenvalue weighted by molar-refractivity contribution is -0.116. The Labute approximate surface area is 210 Å². The number of benzene rings is 2. The summed E-state index contributed by atoms with van der Waals surface area (Å²) in [7, 11) is -2.02. The fraction of sp³-hybridized carbons (Fsp3) is 0.458. The smallest absolute Gasteiger partial charge is 0.241 e. The molecule has 1 fully saturated rings. The van der Waals surface area contributed by atoms with Crippen LogP contribution in [0.3, 0.4) is 0 Å². The molecular formula is C24H31BrN4O4S. The van der Waals surface area contributed by atoms with Crippen LogP contribution in [0.1, 0.15) is 18.9 Å². The molecule has 2 aliphatic rings. The minimum Gasteiger partial charge on any atom is -0.497 e. The van der Waals surface area contributed by atoms with Gasteiger partial charge in [0.1, 0.15) is 5.75 Å². The maximum Gasteiger partial charge on any atom is 0.241 e. The lowest BCUT2D eigenvalue weighted by Gasteiger charge is -2.36. The SMILES string of the molecule is COc1ccc(N2CCN(CCCNS(=O)(=O)c3cc4c(cc3Br)CCN4C(C)=O)CC2)cc1. The summed E-state index contributed by atoms with van der Waals surface area (Å²) in [5, 5.41) is 0. The van der Waals surface area contributed by atoms with Gasteiger partial charge in [0.25, 0.3) is 0 Å². The van der Waals surface area contributed by atoms with Crippen molar-refractivity contribution >= 4 is 43.2 Å². The lowest BCUT2D eigenvalue weighted by atomic mass is 10.2. The van der Waals surface area contributed by atoms with E-state index in [0.717, 1.165) is 56.9 Å². The quantitative estimate of drug-likeness (QED) is 0.509. The molecular weight excluding hydrogens is 520 g/mol. The van der Waals surface area contributed by atoms with Crippen molar-refractivity contribution < 1.29 is 17.9 Å². The average molecular weight is 552 g/mol. The van der Waals surface area contributed by atoms with Gasteiger partial charge in [-0.15, -0.1) is 0 Å². The molecule has 0 unspecified atom stereocenters. The van der Waals surface area contributed by atoms with Crippen LogP contribution in [-0.2, 0) is 21.2 Å². The van der Waals surface area contributed by atoms with Gasteiger partial charge in [-0.05, 0) is 77.3 Å². The maximum atomic E-state index is 13.0. The van der Waals surface area contributed by atoms with Crippen LogP contribution in [0.5, 0.6) is 5.75 Å². The van der Waals surface area contributed by atoms with E-state index in [2.05, 4.69) is 42.6 Å². The van der Waals surface area contributed by atoms with Gasteiger partial charge >= 0.3 is 0 Å². The van der Waals surface area contributed by atoms with Crippen LogP contribution >= 0.6 is 15.9 Å². The van der Waals surface area contributed by atoms with E-state index in [1.807, 2.05) is 18.2 Å². The van der Waals surface area contributed by atoms with E-state index < -0.39 is 10.0 Å². The molecule has 8 nitrogen and oxygen atoms in total. The normalized spacial score (nSPS) is 16.6. The van der Waals surface area contributed by atoms with Gasteiger partial charge in [-0.2, -0.15) is 0 Å². The molecule has 0 spiro atoms. The first-order valence-corrected chi connectivity index (χ1v) is 13.8. The van der Waals surface area contributed by atoms with Crippen molar-refractivity contribution in [2.45, 2.75) is 24.7 Å². The molecule has 1 saturated heterocycles. The van der Waals surface area contributed by atoms with Gasteiger partial charge in [-0.25, -0.2) is 13.1 Å². The van der Waals surface area contributed by atoms with E-state index in [4.69, 9.17) is 4.74 Å². The fourth-order valence-electron chi connectivity index (χ4n) is 4.53. The van der Waals surface area contributed by atoms with Gasteiger partial charge in [-0.3, -0.25) is 9.69 Å². The van der Waals surface area contributed by atoms with Crippen LogP contribution in [0.25, 0.3) is 0 Å². The molecule has 4 rings (SSSR count). The average Bonchev–Trinajstić information content (AvgIpc) is 3.25. The summed E-state index contributed by atoms with van der Waals surface area (Å²) in [5.41, 5.74) is 2.86. The first-order chi connectivity index (χ1) is 16.3. The Hall–Kier alpha value is -2.14. The highest BCUT2D eigenvalue weighted by Crippen LogP contribution is 2.35. The molecule has 0 bridgehead atoms. The summed E-state index contributed by atoms with van der Waals surface area (Å²) in [5.74, 6) is 0.775. The van der Waals surface area contributed by atoms with Gasteiger partial charge in [-0.1, -0.05) is 0 Å². The highest BCUT2D eigenvalue weighted by atomic mass is 79.9. The second kappa shape index (κ2) is 10.6. The monoisotopic (exact) mass is 550 g/mol. The molecule has 2 aromatic rings. The molecule has 2 heterocycles. The van der Waals surface area contributed by atoms with Crippen molar-refractivity contribution in [3.63, 3.8) is 0 Å². The third kappa shape index (κ3) is 5.56. The summed E-state index contributed by atoms with van der Waals surface area (Å²) in [6, 6.07) is 11.5. The lowest BCUT2D eigenvalue weighted by Crippen LogP contribution is -2.47. The molecule has 10 heteroatoms. The number of carbonyl (C=O) groups excluding carboxylic acids is 1. The summed E-state index contributed by atoms with van der Waals surface area (Å²) in [6.45, 7) is 7.04. The highest BCUT2D eigenvalue weighted by Gasteiger charge is 2.27. The summed E-state index contributed by atoms with van der Waals surface area (Å²) in [6.07, 6.45) is 1.46. The first-order valence-electron chi connectivity index (χ1n) is 11.5. The molecule has 1 amide bonds. The Bertz CT molecular complexity index is 1130. The number of carbonyl (C=O) groups is 1. The molecule has 2 aliphatic heterocycles. The predicted molar refractivity (Wildman–Crippen MR) is 137 cm³/mol. The zero-order valence-electron chi connectivity index (χ0n) is 19.6. The number of nitrogens with one attached hydrogen (secondary N) is 1. The van der Waals surface area contributed by atoms with Crippen molar-refractivity contribution in [2.75, 3.05) is 62.7 Å². The molecule has 2 aromatic carbocycles. The summed E-state index contributed by atoms with van der Waals surface area (Å²) >= 11 is 3.40. The number of methoxy groups -OCH3 is 1. The Balaban J connectivity index is 1.26. The second-order valence-corrected chi connectivity index (χ2v) is 11.2. The third-order valence-electron chi connectivity index (χ3n) is 6.45. The molecule has 1 N–H and O–H groups in total. The molecule has 0 aromatic heterocycles. The maximum absolute atomic E-state index is 13.0. The van der Waals surface area contributed by atoms with E-state index in [0.29, 0.717) is 23.2 Å². The minimum absolute atomic E-state index is 0.0792. The number of hydrogen-bond acceptors (Lipinski definition) is 6. The Kier molecular flexibility index (Phi) is 7.81. The zero-order valence-corrected chi connectivity index (χ0v) is 22.0. The minimum atomic E-state index is -3.69. The van der Waals surface area contributed by atoms with E-state index in [-0.39, 0.29) is 10.8 Å². The number of amides is 1. The van der Waals surface area contributed by atoms with Gasteiger partial charge in [0, 0.05) is 62.0 Å². The van der Waals surface area contributed by atoms with Crippen LogP contribution < -0.4 is 19.3 Å². The Morgan fingerprint density at radius 3 is 2.44 bits per heavy atom. The number of ether oxygens (including phenoxy) is 1. The van der Waals surface area contributed by atoms with Crippen LogP contribution in [0.15, 0.2) is 45.8 Å². The number of hydrogen-bond donors (Lipinski definition) is 1. The molecule has 0 atom stereocenters. The van der Waals surface area contributed by atoms with Crippen molar-refractivity contribution in [3.05, 3.63) is 46.4 Å². The molecule has 0 saturated carbocycles. The van der Waals surface area contributed by atoms with Crippen molar-refractivity contribution in [1.82, 2.24) is 9.62 Å². The number of rotatable bonds is 8. The predicted octanol–water partition coefficient (Wildman–Crippen LogP) is 2.86. The number of anilines is 2. The van der Waals surface area contributed by atoms with Gasteiger partial charge in [0.2, 0.25) is 15.9 Å². The summed E-state index contributed by atoms with van der Waals surface area (Å²) in [4.78, 5) is 18.4. The molecule has 34 heavy (non-hydrogen) atoms. The number of sulfonamides is 1. The number of halogens is 1. The first kappa shape index (κ1) is 25.0. The topological polar surface area (TPSA) is 82.2 Å². The molecule has 0 radical (unpaired) electrons. The second-order valence-electron chi connectivity index (χ2n) is 8.61. The van der Waals surface area contributed by atoms with Gasteiger partial charge in [0.15, 0.2) is 0 Å². The van der Waals surface area contributed by atoms with Crippen LogP contribution in [0.2, 0.25) is 0 Å². The van der Waals surface area contributed by atoms with Crippen molar-refractivity contribution in [2.24, 2.45) is 0 Å². The van der Waals surface area contributed by atoms with Crippen LogP contribution in [0.4, 0.5) is 11.4 Å². The number of piperazine rings is 1. The number of nitrogens with zero attached hydrogens (tertiary/aromatic N) is 3. The van der Waals surface area contributed by atoms with Gasteiger partial charge in [0.05, 0.1) is 12.0 Å². The Morgan fingerprint density at radius 2 is 1.79 bits per heavy atom. The molecule has 184 valence electrons. The van der Waals surface area contributed by atoms with Gasteiger partial charge < -0.3 is 14.5 Å². The van der Waals surface area contributed by atoms with Crippen molar-refractivity contribution in [3.8, 4) is 5.75 Å².